The Bertz CT molecular complexity index is 919. The average molecular weight is 398 g/mol. The minimum atomic E-state index is -0.609. The molecule has 1 heterocycles. The summed E-state index contributed by atoms with van der Waals surface area (Å²) in [6.07, 6.45) is 0.0652. The van der Waals surface area contributed by atoms with Gasteiger partial charge in [0.05, 0.1) is 13.2 Å². The molecular weight excluding hydrogens is 366 g/mol. The summed E-state index contributed by atoms with van der Waals surface area (Å²) in [5.41, 5.74) is 3.88. The van der Waals surface area contributed by atoms with Crippen LogP contribution in [0.3, 0.4) is 0 Å². The smallest absolute Gasteiger partial charge is 0.261 e. The van der Waals surface area contributed by atoms with Crippen LogP contribution in [0.25, 0.3) is 0 Å². The van der Waals surface area contributed by atoms with Crippen molar-refractivity contribution in [3.05, 3.63) is 52.6 Å². The van der Waals surface area contributed by atoms with E-state index in [1.54, 1.807) is 14.0 Å². The van der Waals surface area contributed by atoms with Gasteiger partial charge in [-0.1, -0.05) is 6.07 Å². The quantitative estimate of drug-likeness (QED) is 0.787. The molecule has 0 saturated carbocycles. The van der Waals surface area contributed by atoms with Gasteiger partial charge in [0.2, 0.25) is 0 Å². The Labute approximate surface area is 173 Å². The van der Waals surface area contributed by atoms with Crippen molar-refractivity contribution < 1.29 is 19.0 Å². The molecule has 5 nitrogen and oxygen atoms in total. The zero-order valence-corrected chi connectivity index (χ0v) is 18.4. The van der Waals surface area contributed by atoms with Crippen molar-refractivity contribution in [3.63, 3.8) is 0 Å². The van der Waals surface area contributed by atoms with Crippen LogP contribution in [0.4, 0.5) is 0 Å². The third-order valence-corrected chi connectivity index (χ3v) is 5.43. The highest BCUT2D eigenvalue weighted by Gasteiger charge is 2.35. The summed E-state index contributed by atoms with van der Waals surface area (Å²) in [4.78, 5) is 12.9. The van der Waals surface area contributed by atoms with Gasteiger partial charge in [0.15, 0.2) is 6.10 Å². The standard InChI is InChI=1S/C24H31NO4/c1-14-10-15(2)16(3)21(11-14)28-17(4)23(26)25-20-13-24(5,6)29-22-12-18(27-7)8-9-19(20)22/h8-12,17,20H,13H2,1-7H3,(H,25,26)/t17-,20+/m0/s1. The van der Waals surface area contributed by atoms with Gasteiger partial charge in [-0.15, -0.1) is 0 Å². The van der Waals surface area contributed by atoms with Gasteiger partial charge in [-0.05, 0) is 76.4 Å². The predicted molar refractivity (Wildman–Crippen MR) is 114 cm³/mol. The third kappa shape index (κ3) is 4.66. The summed E-state index contributed by atoms with van der Waals surface area (Å²) in [5, 5.41) is 3.15. The molecule has 1 aliphatic heterocycles. The van der Waals surface area contributed by atoms with Crippen molar-refractivity contribution in [1.29, 1.82) is 0 Å². The normalized spacial score (nSPS) is 18.2. The van der Waals surface area contributed by atoms with Crippen LogP contribution in [0.2, 0.25) is 0 Å². The fourth-order valence-corrected chi connectivity index (χ4v) is 3.74. The minimum absolute atomic E-state index is 0.145. The third-order valence-electron chi connectivity index (χ3n) is 5.43. The summed E-state index contributed by atoms with van der Waals surface area (Å²) < 4.78 is 17.4. The number of benzene rings is 2. The van der Waals surface area contributed by atoms with E-state index in [9.17, 15) is 4.79 Å². The van der Waals surface area contributed by atoms with E-state index in [1.165, 1.54) is 0 Å². The maximum absolute atomic E-state index is 12.9. The topological polar surface area (TPSA) is 56.8 Å². The predicted octanol–water partition coefficient (Wildman–Crippen LogP) is 4.81. The molecule has 0 fully saturated rings. The number of hydrogen-bond acceptors (Lipinski definition) is 4. The van der Waals surface area contributed by atoms with Crippen LogP contribution in [-0.4, -0.2) is 24.7 Å². The van der Waals surface area contributed by atoms with Crippen molar-refractivity contribution in [1.82, 2.24) is 5.32 Å². The first-order chi connectivity index (χ1) is 13.6. The number of hydrogen-bond donors (Lipinski definition) is 1. The molecule has 29 heavy (non-hydrogen) atoms. The van der Waals surface area contributed by atoms with Crippen LogP contribution in [0.15, 0.2) is 30.3 Å². The second-order valence-electron chi connectivity index (χ2n) is 8.50. The van der Waals surface area contributed by atoms with Crippen LogP contribution in [-0.2, 0) is 4.79 Å². The number of fused-ring (bicyclic) bond motifs is 1. The lowest BCUT2D eigenvalue weighted by Crippen LogP contribution is -2.44. The van der Waals surface area contributed by atoms with Crippen molar-refractivity contribution in [2.24, 2.45) is 0 Å². The molecule has 1 N–H and O–H groups in total. The molecule has 2 aromatic rings. The lowest BCUT2D eigenvalue weighted by atomic mass is 9.89. The van der Waals surface area contributed by atoms with Crippen molar-refractivity contribution in [3.8, 4) is 17.2 Å². The zero-order valence-electron chi connectivity index (χ0n) is 18.4. The van der Waals surface area contributed by atoms with Crippen molar-refractivity contribution in [2.45, 2.75) is 65.7 Å². The Kier molecular flexibility index (Phi) is 5.78. The van der Waals surface area contributed by atoms with Gasteiger partial charge >= 0.3 is 0 Å². The van der Waals surface area contributed by atoms with Crippen LogP contribution in [0, 0.1) is 20.8 Å². The minimum Gasteiger partial charge on any atom is -0.497 e. The first-order valence-corrected chi connectivity index (χ1v) is 10.0. The molecule has 0 saturated heterocycles. The lowest BCUT2D eigenvalue weighted by molar-refractivity contribution is -0.128. The Hall–Kier alpha value is -2.69. The summed E-state index contributed by atoms with van der Waals surface area (Å²) in [7, 11) is 1.63. The molecule has 3 rings (SSSR count). The van der Waals surface area contributed by atoms with Gasteiger partial charge in [0.1, 0.15) is 22.8 Å². The Balaban J connectivity index is 1.78. The van der Waals surface area contributed by atoms with E-state index in [-0.39, 0.29) is 11.9 Å². The Morgan fingerprint density at radius 1 is 1.21 bits per heavy atom. The second-order valence-corrected chi connectivity index (χ2v) is 8.50. The van der Waals surface area contributed by atoms with E-state index in [4.69, 9.17) is 14.2 Å². The van der Waals surface area contributed by atoms with E-state index in [0.717, 1.165) is 39.5 Å². The highest BCUT2D eigenvalue weighted by molar-refractivity contribution is 5.81. The molecule has 156 valence electrons. The molecule has 1 aliphatic rings. The van der Waals surface area contributed by atoms with Gasteiger partial charge in [0.25, 0.3) is 5.91 Å². The number of nitrogens with one attached hydrogen (secondary N) is 1. The molecule has 0 aliphatic carbocycles. The van der Waals surface area contributed by atoms with Crippen LogP contribution in [0.5, 0.6) is 17.2 Å². The van der Waals surface area contributed by atoms with Gasteiger partial charge in [-0.3, -0.25) is 4.79 Å². The van der Waals surface area contributed by atoms with Crippen LogP contribution in [0.1, 0.15) is 55.5 Å². The molecule has 1 amide bonds. The van der Waals surface area contributed by atoms with E-state index in [2.05, 4.69) is 18.3 Å². The maximum Gasteiger partial charge on any atom is 0.261 e. The largest absolute Gasteiger partial charge is 0.497 e. The number of carbonyl (C=O) groups is 1. The summed E-state index contributed by atoms with van der Waals surface area (Å²) in [6, 6.07) is 9.65. The number of aryl methyl sites for hydroxylation is 2. The first kappa shape index (κ1) is 21.0. The number of methoxy groups -OCH3 is 1. The van der Waals surface area contributed by atoms with Gasteiger partial charge in [-0.25, -0.2) is 0 Å². The lowest BCUT2D eigenvalue weighted by Gasteiger charge is -2.38. The van der Waals surface area contributed by atoms with Gasteiger partial charge in [0, 0.05) is 18.1 Å². The van der Waals surface area contributed by atoms with E-state index >= 15 is 0 Å². The highest BCUT2D eigenvalue weighted by Crippen LogP contribution is 2.41. The average Bonchev–Trinajstić information content (AvgIpc) is 2.64. The Morgan fingerprint density at radius 2 is 1.93 bits per heavy atom. The second kappa shape index (κ2) is 7.97. The molecule has 0 unspecified atom stereocenters. The fraction of sp³-hybridized carbons (Fsp3) is 0.458. The molecule has 0 radical (unpaired) electrons. The van der Waals surface area contributed by atoms with E-state index in [1.807, 2.05) is 52.0 Å². The van der Waals surface area contributed by atoms with Crippen LogP contribution >= 0.6 is 0 Å². The van der Waals surface area contributed by atoms with Crippen LogP contribution < -0.4 is 19.5 Å². The van der Waals surface area contributed by atoms with Gasteiger partial charge in [-0.2, -0.15) is 0 Å². The van der Waals surface area contributed by atoms with E-state index in [0.29, 0.717) is 6.42 Å². The number of ether oxygens (including phenoxy) is 3. The van der Waals surface area contributed by atoms with E-state index < -0.39 is 11.7 Å². The van der Waals surface area contributed by atoms with Gasteiger partial charge < -0.3 is 19.5 Å². The molecular formula is C24H31NO4. The molecule has 0 aromatic heterocycles. The monoisotopic (exact) mass is 397 g/mol. The summed E-state index contributed by atoms with van der Waals surface area (Å²) >= 11 is 0. The molecule has 5 heteroatoms. The Morgan fingerprint density at radius 3 is 2.62 bits per heavy atom. The zero-order chi connectivity index (χ0) is 21.3. The van der Waals surface area contributed by atoms with Crippen molar-refractivity contribution >= 4 is 5.91 Å². The molecule has 2 atom stereocenters. The highest BCUT2D eigenvalue weighted by atomic mass is 16.5. The summed E-state index contributed by atoms with van der Waals surface area (Å²) in [5.74, 6) is 2.08. The maximum atomic E-state index is 12.9. The van der Waals surface area contributed by atoms with Crippen molar-refractivity contribution in [2.75, 3.05) is 7.11 Å². The number of rotatable bonds is 5. The fourth-order valence-electron chi connectivity index (χ4n) is 3.74. The molecule has 2 aromatic carbocycles. The molecule has 0 spiro atoms. The number of carbonyl (C=O) groups excluding carboxylic acids is 1. The summed E-state index contributed by atoms with van der Waals surface area (Å²) in [6.45, 7) is 11.9. The molecule has 0 bridgehead atoms. The SMILES string of the molecule is COc1ccc2c(c1)OC(C)(C)C[C@H]2NC(=O)[C@H](C)Oc1cc(C)cc(C)c1C. The number of amides is 1. The first-order valence-electron chi connectivity index (χ1n) is 10.0.